The van der Waals surface area contributed by atoms with Gasteiger partial charge in [-0.3, -0.25) is 9.78 Å². The Morgan fingerprint density at radius 3 is 2.70 bits per heavy atom. The van der Waals surface area contributed by atoms with E-state index in [4.69, 9.17) is 28.6 Å². The average Bonchev–Trinajstić information content (AvgIpc) is 2.37. The highest BCUT2D eigenvalue weighted by atomic mass is 35.5. The third-order valence-electron chi connectivity index (χ3n) is 2.93. The highest BCUT2D eigenvalue weighted by Crippen LogP contribution is 2.26. The molecule has 0 aliphatic carbocycles. The van der Waals surface area contributed by atoms with E-state index in [0.29, 0.717) is 34.1 Å². The lowest BCUT2D eigenvalue weighted by Crippen LogP contribution is -2.16. The number of nitrogens with one attached hydrogen (secondary N) is 2. The smallest absolute Gasteiger partial charge is 0.255 e. The van der Waals surface area contributed by atoms with Crippen LogP contribution in [0.2, 0.25) is 5.02 Å². The number of benzene rings is 1. The van der Waals surface area contributed by atoms with Gasteiger partial charge in [0.25, 0.3) is 5.56 Å². The summed E-state index contributed by atoms with van der Waals surface area (Å²) < 4.78 is 5.72. The quantitative estimate of drug-likeness (QED) is 0.851. The maximum Gasteiger partial charge on any atom is 0.255 e. The Labute approximate surface area is 126 Å². The van der Waals surface area contributed by atoms with Crippen molar-refractivity contribution in [1.82, 2.24) is 9.97 Å². The van der Waals surface area contributed by atoms with Crippen molar-refractivity contribution < 1.29 is 4.74 Å². The minimum Gasteiger partial charge on any atom is -0.492 e. The molecule has 1 heterocycles. The zero-order chi connectivity index (χ0) is 14.7. The number of aromatic nitrogens is 2. The van der Waals surface area contributed by atoms with Gasteiger partial charge in [0.2, 0.25) is 0 Å². The predicted molar refractivity (Wildman–Crippen MR) is 82.4 cm³/mol. The van der Waals surface area contributed by atoms with E-state index in [-0.39, 0.29) is 5.56 Å². The second-order valence-electron chi connectivity index (χ2n) is 4.39. The maximum absolute atomic E-state index is 11.9. The van der Waals surface area contributed by atoms with Crippen molar-refractivity contribution in [1.29, 1.82) is 0 Å². The third-order valence-corrected chi connectivity index (χ3v) is 3.43. The van der Waals surface area contributed by atoms with Crippen LogP contribution in [0.15, 0.2) is 23.0 Å². The molecule has 0 radical (unpaired) electrons. The summed E-state index contributed by atoms with van der Waals surface area (Å²) in [5.41, 5.74) is 2.19. The molecule has 0 amide bonds. The van der Waals surface area contributed by atoms with Gasteiger partial charge in [0.1, 0.15) is 5.75 Å². The van der Waals surface area contributed by atoms with Gasteiger partial charge in [-0.25, -0.2) is 0 Å². The Hall–Kier alpha value is -1.59. The average molecular weight is 311 g/mol. The van der Waals surface area contributed by atoms with Gasteiger partial charge in [-0.15, -0.1) is 0 Å². The van der Waals surface area contributed by atoms with Crippen LogP contribution in [-0.2, 0) is 6.42 Å². The summed E-state index contributed by atoms with van der Waals surface area (Å²) >= 11 is 11.1. The van der Waals surface area contributed by atoms with Gasteiger partial charge < -0.3 is 9.72 Å². The van der Waals surface area contributed by atoms with Crippen LogP contribution in [0.5, 0.6) is 5.75 Å². The Balaban J connectivity index is 2.34. The zero-order valence-corrected chi connectivity index (χ0v) is 12.8. The fourth-order valence-electron chi connectivity index (χ4n) is 1.97. The van der Waals surface area contributed by atoms with E-state index in [1.165, 1.54) is 0 Å². The third kappa shape index (κ3) is 3.29. The normalized spacial score (nSPS) is 10.6. The van der Waals surface area contributed by atoms with Crippen LogP contribution in [0.1, 0.15) is 23.7 Å². The number of aromatic amines is 2. The topological polar surface area (TPSA) is 57.9 Å². The monoisotopic (exact) mass is 310 g/mol. The van der Waals surface area contributed by atoms with E-state index in [9.17, 15) is 4.79 Å². The summed E-state index contributed by atoms with van der Waals surface area (Å²) in [6.07, 6.45) is 0.486. The molecule has 2 aromatic rings. The lowest BCUT2D eigenvalue weighted by molar-refractivity contribution is 0.340. The SMILES string of the molecule is CCOc1ccc(Cc2c(C)[nH]c(=S)[nH]c2=O)cc1Cl. The molecule has 0 atom stereocenters. The number of ether oxygens (including phenoxy) is 1. The molecule has 6 heteroatoms. The van der Waals surface area contributed by atoms with Crippen molar-refractivity contribution >= 4 is 23.8 Å². The Kier molecular flexibility index (Phi) is 4.62. The summed E-state index contributed by atoms with van der Waals surface area (Å²) in [6, 6.07) is 5.53. The van der Waals surface area contributed by atoms with Crippen molar-refractivity contribution in [3.63, 3.8) is 0 Å². The van der Waals surface area contributed by atoms with Gasteiger partial charge in [0, 0.05) is 17.7 Å². The first-order valence-corrected chi connectivity index (χ1v) is 7.03. The van der Waals surface area contributed by atoms with E-state index in [2.05, 4.69) is 9.97 Å². The molecule has 2 rings (SSSR count). The van der Waals surface area contributed by atoms with E-state index in [0.717, 1.165) is 11.3 Å². The number of hydrogen-bond donors (Lipinski definition) is 2. The molecule has 1 aromatic heterocycles. The standard InChI is InChI=1S/C14H15ClN2O2S/c1-3-19-12-5-4-9(7-11(12)15)6-10-8(2)16-14(20)17-13(10)18/h4-5,7H,3,6H2,1-2H3,(H2,16,17,18,20). The highest BCUT2D eigenvalue weighted by molar-refractivity contribution is 7.71. The molecule has 0 unspecified atom stereocenters. The predicted octanol–water partition coefficient (Wildman–Crippen LogP) is 3.38. The Morgan fingerprint density at radius 1 is 1.35 bits per heavy atom. The van der Waals surface area contributed by atoms with Gasteiger partial charge in [-0.1, -0.05) is 17.7 Å². The fourth-order valence-corrected chi connectivity index (χ4v) is 2.47. The van der Waals surface area contributed by atoms with Crippen LogP contribution in [0, 0.1) is 11.7 Å². The summed E-state index contributed by atoms with van der Waals surface area (Å²) in [7, 11) is 0. The van der Waals surface area contributed by atoms with Crippen LogP contribution < -0.4 is 10.3 Å². The lowest BCUT2D eigenvalue weighted by Gasteiger charge is -2.09. The van der Waals surface area contributed by atoms with E-state index >= 15 is 0 Å². The van der Waals surface area contributed by atoms with Crippen molar-refractivity contribution in [2.75, 3.05) is 6.61 Å². The summed E-state index contributed by atoms with van der Waals surface area (Å²) in [6.45, 7) is 4.29. The highest BCUT2D eigenvalue weighted by Gasteiger charge is 2.08. The summed E-state index contributed by atoms with van der Waals surface area (Å²) in [4.78, 5) is 17.5. The van der Waals surface area contributed by atoms with Crippen LogP contribution >= 0.6 is 23.8 Å². The molecule has 1 aromatic carbocycles. The van der Waals surface area contributed by atoms with E-state index < -0.39 is 0 Å². The molecule has 0 bridgehead atoms. The van der Waals surface area contributed by atoms with Crippen molar-refractivity contribution in [2.45, 2.75) is 20.3 Å². The Bertz CT molecular complexity index is 737. The van der Waals surface area contributed by atoms with Gasteiger partial charge >= 0.3 is 0 Å². The number of aryl methyl sites for hydroxylation is 1. The molecular weight excluding hydrogens is 296 g/mol. The van der Waals surface area contributed by atoms with Crippen LogP contribution in [-0.4, -0.2) is 16.6 Å². The van der Waals surface area contributed by atoms with Crippen LogP contribution in [0.3, 0.4) is 0 Å². The minimum absolute atomic E-state index is 0.170. The molecule has 20 heavy (non-hydrogen) atoms. The first kappa shape index (κ1) is 14.8. The van der Waals surface area contributed by atoms with Gasteiger partial charge in [-0.2, -0.15) is 0 Å². The Morgan fingerprint density at radius 2 is 2.10 bits per heavy atom. The van der Waals surface area contributed by atoms with Crippen molar-refractivity contribution in [3.8, 4) is 5.75 Å². The largest absolute Gasteiger partial charge is 0.492 e. The zero-order valence-electron chi connectivity index (χ0n) is 11.2. The maximum atomic E-state index is 11.9. The first-order chi connectivity index (χ1) is 9.51. The molecule has 4 nitrogen and oxygen atoms in total. The van der Waals surface area contributed by atoms with E-state index in [1.807, 2.05) is 32.0 Å². The number of H-pyrrole nitrogens is 2. The van der Waals surface area contributed by atoms with Crippen LogP contribution in [0.25, 0.3) is 0 Å². The number of hydrogen-bond acceptors (Lipinski definition) is 3. The van der Waals surface area contributed by atoms with Crippen molar-refractivity contribution in [3.05, 3.63) is 55.2 Å². The molecule has 0 fully saturated rings. The minimum atomic E-state index is -0.170. The summed E-state index contributed by atoms with van der Waals surface area (Å²) in [5, 5.41) is 0.544. The van der Waals surface area contributed by atoms with Crippen molar-refractivity contribution in [2.24, 2.45) is 0 Å². The molecular formula is C14H15ClN2O2S. The van der Waals surface area contributed by atoms with Gasteiger partial charge in [-0.05, 0) is 43.8 Å². The molecule has 2 N–H and O–H groups in total. The number of halogens is 1. The lowest BCUT2D eigenvalue weighted by atomic mass is 10.1. The molecule has 0 saturated carbocycles. The molecule has 0 aliphatic heterocycles. The second-order valence-corrected chi connectivity index (χ2v) is 5.20. The van der Waals surface area contributed by atoms with Gasteiger partial charge in [0.05, 0.1) is 11.6 Å². The molecule has 0 aliphatic rings. The molecule has 0 saturated heterocycles. The molecule has 106 valence electrons. The van der Waals surface area contributed by atoms with E-state index in [1.54, 1.807) is 0 Å². The first-order valence-electron chi connectivity index (χ1n) is 6.24. The fraction of sp³-hybridized carbons (Fsp3) is 0.286. The molecule has 0 spiro atoms. The second kappa shape index (κ2) is 6.24. The summed E-state index contributed by atoms with van der Waals surface area (Å²) in [5.74, 6) is 0.649. The van der Waals surface area contributed by atoms with Gasteiger partial charge in [0.15, 0.2) is 4.77 Å². The number of rotatable bonds is 4. The van der Waals surface area contributed by atoms with Crippen LogP contribution in [0.4, 0.5) is 0 Å².